The second-order valence-corrected chi connectivity index (χ2v) is 8.16. The zero-order valence-corrected chi connectivity index (χ0v) is 20.3. The lowest BCUT2D eigenvalue weighted by Gasteiger charge is -2.13. The summed E-state index contributed by atoms with van der Waals surface area (Å²) in [5, 5.41) is 5.01. The zero-order valence-electron chi connectivity index (χ0n) is 18.1. The standard InChI is InChI=1S/C24H19Cl3N2O5/c1-14(33-18-5-3-4-16(25)11-18)23(30)29-28-13-15-6-9-21(22(10-15)32-2)34-24(31)19-8-7-17(26)12-20(19)27/h3-14H,1-2H3,(H,29,30). The molecule has 1 unspecified atom stereocenters. The van der Waals surface area contributed by atoms with Gasteiger partial charge in [-0.1, -0.05) is 40.9 Å². The number of hydrogen-bond acceptors (Lipinski definition) is 6. The molecule has 1 atom stereocenters. The molecule has 3 rings (SSSR count). The zero-order chi connectivity index (χ0) is 24.7. The van der Waals surface area contributed by atoms with E-state index >= 15 is 0 Å². The van der Waals surface area contributed by atoms with Crippen LogP contribution >= 0.6 is 34.8 Å². The van der Waals surface area contributed by atoms with Gasteiger partial charge in [-0.3, -0.25) is 4.79 Å². The van der Waals surface area contributed by atoms with Crippen molar-refractivity contribution in [3.8, 4) is 17.2 Å². The molecular formula is C24H19Cl3N2O5. The second kappa shape index (κ2) is 11.7. The quantitative estimate of drug-likeness (QED) is 0.175. The third-order valence-electron chi connectivity index (χ3n) is 4.41. The van der Waals surface area contributed by atoms with Gasteiger partial charge in [0.05, 0.1) is 23.9 Å². The number of hydrogen-bond donors (Lipinski definition) is 1. The molecule has 0 spiro atoms. The fourth-order valence-electron chi connectivity index (χ4n) is 2.72. The van der Waals surface area contributed by atoms with Crippen LogP contribution in [0.25, 0.3) is 0 Å². The molecule has 0 bridgehead atoms. The van der Waals surface area contributed by atoms with E-state index in [1.165, 1.54) is 37.6 Å². The molecule has 10 heteroatoms. The third kappa shape index (κ3) is 6.87. The van der Waals surface area contributed by atoms with Crippen LogP contribution in [-0.4, -0.2) is 31.3 Å². The average molecular weight is 522 g/mol. The Balaban J connectivity index is 1.62. The number of hydrazone groups is 1. The second-order valence-electron chi connectivity index (χ2n) is 6.88. The van der Waals surface area contributed by atoms with Gasteiger partial charge in [0, 0.05) is 10.0 Å². The number of nitrogens with one attached hydrogen (secondary N) is 1. The Hall–Kier alpha value is -3.26. The SMILES string of the molecule is COc1cc(C=NNC(=O)C(C)Oc2cccc(Cl)c2)ccc1OC(=O)c1ccc(Cl)cc1Cl. The van der Waals surface area contributed by atoms with Gasteiger partial charge in [-0.2, -0.15) is 5.10 Å². The highest BCUT2D eigenvalue weighted by atomic mass is 35.5. The minimum absolute atomic E-state index is 0.163. The molecule has 0 aliphatic carbocycles. The molecule has 0 heterocycles. The van der Waals surface area contributed by atoms with Gasteiger partial charge in [-0.15, -0.1) is 0 Å². The van der Waals surface area contributed by atoms with E-state index in [1.54, 1.807) is 43.3 Å². The van der Waals surface area contributed by atoms with E-state index in [1.807, 2.05) is 0 Å². The van der Waals surface area contributed by atoms with Gasteiger partial charge in [0.25, 0.3) is 5.91 Å². The predicted molar refractivity (Wildman–Crippen MR) is 132 cm³/mol. The van der Waals surface area contributed by atoms with E-state index in [0.29, 0.717) is 21.4 Å². The lowest BCUT2D eigenvalue weighted by molar-refractivity contribution is -0.127. The van der Waals surface area contributed by atoms with Gasteiger partial charge >= 0.3 is 5.97 Å². The molecular weight excluding hydrogens is 503 g/mol. The van der Waals surface area contributed by atoms with Crippen molar-refractivity contribution in [1.29, 1.82) is 0 Å². The molecule has 7 nitrogen and oxygen atoms in total. The predicted octanol–water partition coefficient (Wildman–Crippen LogP) is 5.79. The highest BCUT2D eigenvalue weighted by Gasteiger charge is 2.17. The fourth-order valence-corrected chi connectivity index (χ4v) is 3.38. The molecule has 0 fully saturated rings. The number of halogens is 3. The van der Waals surface area contributed by atoms with E-state index in [4.69, 9.17) is 49.0 Å². The summed E-state index contributed by atoms with van der Waals surface area (Å²) in [6.07, 6.45) is 0.611. The maximum atomic E-state index is 12.5. The molecule has 0 saturated carbocycles. The summed E-state index contributed by atoms with van der Waals surface area (Å²) in [6.45, 7) is 1.59. The Kier molecular flexibility index (Phi) is 8.76. The van der Waals surface area contributed by atoms with Crippen LogP contribution in [0.5, 0.6) is 17.2 Å². The van der Waals surface area contributed by atoms with Gasteiger partial charge in [0.15, 0.2) is 17.6 Å². The molecule has 34 heavy (non-hydrogen) atoms. The van der Waals surface area contributed by atoms with Gasteiger partial charge < -0.3 is 14.2 Å². The van der Waals surface area contributed by atoms with Crippen LogP contribution in [0.1, 0.15) is 22.8 Å². The van der Waals surface area contributed by atoms with E-state index < -0.39 is 18.0 Å². The minimum Gasteiger partial charge on any atom is -0.493 e. The highest BCUT2D eigenvalue weighted by Crippen LogP contribution is 2.30. The molecule has 1 N–H and O–H groups in total. The average Bonchev–Trinajstić information content (AvgIpc) is 2.79. The van der Waals surface area contributed by atoms with Crippen molar-refractivity contribution in [2.24, 2.45) is 5.10 Å². The van der Waals surface area contributed by atoms with Crippen LogP contribution in [-0.2, 0) is 4.79 Å². The summed E-state index contributed by atoms with van der Waals surface area (Å²) in [5.41, 5.74) is 3.15. The first-order chi connectivity index (χ1) is 16.3. The summed E-state index contributed by atoms with van der Waals surface area (Å²) in [7, 11) is 1.43. The number of carbonyl (C=O) groups is 2. The van der Waals surface area contributed by atoms with Gasteiger partial charge in [-0.05, 0) is 67.1 Å². The molecule has 3 aromatic rings. The van der Waals surface area contributed by atoms with Crippen molar-refractivity contribution in [2.75, 3.05) is 7.11 Å². The fraction of sp³-hybridized carbons (Fsp3) is 0.125. The molecule has 0 saturated heterocycles. The number of esters is 1. The maximum Gasteiger partial charge on any atom is 0.345 e. The largest absolute Gasteiger partial charge is 0.493 e. The summed E-state index contributed by atoms with van der Waals surface area (Å²) in [4.78, 5) is 24.7. The van der Waals surface area contributed by atoms with Crippen LogP contribution in [0.3, 0.4) is 0 Å². The normalized spacial score (nSPS) is 11.7. The Morgan fingerprint density at radius 3 is 2.44 bits per heavy atom. The number of benzene rings is 3. The highest BCUT2D eigenvalue weighted by molar-refractivity contribution is 6.36. The number of amides is 1. The lowest BCUT2D eigenvalue weighted by Crippen LogP contribution is -2.33. The van der Waals surface area contributed by atoms with Crippen molar-refractivity contribution in [1.82, 2.24) is 5.43 Å². The Bertz CT molecular complexity index is 1230. The summed E-state index contributed by atoms with van der Waals surface area (Å²) in [5.74, 6) is -0.181. The van der Waals surface area contributed by atoms with Crippen LogP contribution < -0.4 is 19.6 Å². The Morgan fingerprint density at radius 1 is 0.971 bits per heavy atom. The molecule has 176 valence electrons. The van der Waals surface area contributed by atoms with Crippen molar-refractivity contribution >= 4 is 52.9 Å². The van der Waals surface area contributed by atoms with Gasteiger partial charge in [0.1, 0.15) is 5.75 Å². The summed E-state index contributed by atoms with van der Waals surface area (Å²) < 4.78 is 16.3. The van der Waals surface area contributed by atoms with Crippen molar-refractivity contribution in [3.63, 3.8) is 0 Å². The minimum atomic E-state index is -0.799. The van der Waals surface area contributed by atoms with Gasteiger partial charge in [0.2, 0.25) is 0 Å². The number of rotatable bonds is 8. The van der Waals surface area contributed by atoms with Crippen LogP contribution in [0.4, 0.5) is 0 Å². The first-order valence-electron chi connectivity index (χ1n) is 9.87. The number of nitrogens with zero attached hydrogens (tertiary/aromatic N) is 1. The maximum absolute atomic E-state index is 12.5. The van der Waals surface area contributed by atoms with Crippen molar-refractivity contribution in [3.05, 3.63) is 86.9 Å². The molecule has 1 amide bonds. The smallest absolute Gasteiger partial charge is 0.345 e. The molecule has 0 aliphatic rings. The van der Waals surface area contributed by atoms with E-state index in [0.717, 1.165) is 0 Å². The van der Waals surface area contributed by atoms with Gasteiger partial charge in [-0.25, -0.2) is 10.2 Å². The third-order valence-corrected chi connectivity index (χ3v) is 5.19. The Labute approximate surface area is 211 Å². The molecule has 0 aromatic heterocycles. The van der Waals surface area contributed by atoms with Crippen molar-refractivity contribution < 1.29 is 23.8 Å². The number of methoxy groups -OCH3 is 1. The van der Waals surface area contributed by atoms with Crippen LogP contribution in [0, 0.1) is 0 Å². The summed E-state index contributed by atoms with van der Waals surface area (Å²) in [6, 6.07) is 16.0. The van der Waals surface area contributed by atoms with Crippen LogP contribution in [0.15, 0.2) is 65.8 Å². The summed E-state index contributed by atoms with van der Waals surface area (Å²) >= 11 is 17.8. The first-order valence-corrected chi connectivity index (χ1v) is 11.0. The van der Waals surface area contributed by atoms with Crippen molar-refractivity contribution in [2.45, 2.75) is 13.0 Å². The van der Waals surface area contributed by atoms with Crippen LogP contribution in [0.2, 0.25) is 15.1 Å². The number of carbonyl (C=O) groups excluding carboxylic acids is 2. The topological polar surface area (TPSA) is 86.2 Å². The van der Waals surface area contributed by atoms with E-state index in [-0.39, 0.29) is 22.1 Å². The first kappa shape index (κ1) is 25.4. The van der Waals surface area contributed by atoms with E-state index in [9.17, 15) is 9.59 Å². The molecule has 0 aliphatic heterocycles. The molecule has 0 radical (unpaired) electrons. The lowest BCUT2D eigenvalue weighted by atomic mass is 10.2. The number of ether oxygens (including phenoxy) is 3. The van der Waals surface area contributed by atoms with E-state index in [2.05, 4.69) is 10.5 Å². The monoisotopic (exact) mass is 520 g/mol. The Morgan fingerprint density at radius 2 is 1.74 bits per heavy atom. The molecule has 3 aromatic carbocycles.